The van der Waals surface area contributed by atoms with E-state index >= 15 is 0 Å². The number of hydrogen-bond acceptors (Lipinski definition) is 4. The van der Waals surface area contributed by atoms with E-state index in [1.54, 1.807) is 0 Å². The molecule has 1 aliphatic rings. The van der Waals surface area contributed by atoms with Crippen molar-refractivity contribution in [2.24, 2.45) is 0 Å². The summed E-state index contributed by atoms with van der Waals surface area (Å²) in [6.45, 7) is 0. The number of aliphatic carboxylic acids is 1. The quantitative estimate of drug-likeness (QED) is 0.384. The van der Waals surface area contributed by atoms with E-state index in [1.807, 2.05) is 4.72 Å². The molecular weight excluding hydrogens is 153 g/mol. The van der Waals surface area contributed by atoms with Crippen molar-refractivity contribution in [3.05, 3.63) is 0 Å². The largest absolute Gasteiger partial charge is 1.00 e. The van der Waals surface area contributed by atoms with Gasteiger partial charge in [-0.25, -0.2) is 13.1 Å². The molecule has 0 unspecified atom stereocenters. The third-order valence-electron chi connectivity index (χ3n) is 0.992. The Balaban J connectivity index is 0.000000810. The topological polar surface area (TPSA) is 86.3 Å². The predicted molar refractivity (Wildman–Crippen MR) is 25.7 cm³/mol. The molecule has 0 aromatic rings. The summed E-state index contributed by atoms with van der Waals surface area (Å²) in [7, 11) is -3.25. The summed E-state index contributed by atoms with van der Waals surface area (Å²) in [5.74, 6) is -1.72. The van der Waals surface area contributed by atoms with E-state index in [9.17, 15) is 18.3 Å². The van der Waals surface area contributed by atoms with Crippen molar-refractivity contribution in [1.29, 1.82) is 0 Å². The molecule has 1 saturated heterocycles. The number of hydrogen-bond donors (Lipinski definition) is 1. The number of rotatable bonds is 1. The van der Waals surface area contributed by atoms with Crippen LogP contribution in [-0.2, 0) is 14.8 Å². The van der Waals surface area contributed by atoms with Gasteiger partial charge in [0.15, 0.2) is 0 Å². The van der Waals surface area contributed by atoms with Crippen LogP contribution in [-0.4, -0.2) is 26.2 Å². The van der Waals surface area contributed by atoms with Gasteiger partial charge in [0.2, 0.25) is 10.0 Å². The summed E-state index contributed by atoms with van der Waals surface area (Å²) in [5.41, 5.74) is 0. The number of carbonyl (C=O) groups excluding carboxylic acids is 1. The van der Waals surface area contributed by atoms with Gasteiger partial charge >= 0.3 is 18.9 Å². The Bertz CT molecular complexity index is 223. The maximum Gasteiger partial charge on any atom is 1.00 e. The van der Waals surface area contributed by atoms with Crippen molar-refractivity contribution in [2.45, 2.75) is 6.04 Å². The second-order valence-electron chi connectivity index (χ2n) is 1.77. The molecule has 0 bridgehead atoms. The normalized spacial score (nSPS) is 27.8. The van der Waals surface area contributed by atoms with Crippen molar-refractivity contribution < 1.29 is 37.2 Å². The van der Waals surface area contributed by atoms with Gasteiger partial charge in [-0.15, -0.1) is 0 Å². The first kappa shape index (κ1) is 9.98. The summed E-state index contributed by atoms with van der Waals surface area (Å²) >= 11 is 0. The summed E-state index contributed by atoms with van der Waals surface area (Å²) < 4.78 is 22.2. The van der Waals surface area contributed by atoms with Crippen LogP contribution in [0.1, 0.15) is 0 Å². The second-order valence-corrected chi connectivity index (χ2v) is 3.57. The summed E-state index contributed by atoms with van der Waals surface area (Å²) in [6, 6.07) is -1.00. The minimum Gasteiger partial charge on any atom is -0.548 e. The molecule has 10 heavy (non-hydrogen) atoms. The molecule has 1 aliphatic heterocycles. The Kier molecular flexibility index (Phi) is 2.92. The molecule has 0 saturated carbocycles. The molecular formula is C3H4LiNO4S. The van der Waals surface area contributed by atoms with Gasteiger partial charge < -0.3 is 9.90 Å². The fraction of sp³-hybridized carbons (Fsp3) is 0.667. The molecule has 0 aromatic heterocycles. The Morgan fingerprint density at radius 3 is 2.10 bits per heavy atom. The van der Waals surface area contributed by atoms with Crippen LogP contribution >= 0.6 is 0 Å². The van der Waals surface area contributed by atoms with Crippen LogP contribution in [0.2, 0.25) is 0 Å². The molecule has 7 heteroatoms. The second kappa shape index (κ2) is 2.92. The molecule has 1 heterocycles. The fourth-order valence-electron chi connectivity index (χ4n) is 0.535. The minimum absolute atomic E-state index is 0. The first-order valence-corrected chi connectivity index (χ1v) is 3.87. The van der Waals surface area contributed by atoms with Crippen molar-refractivity contribution in [3.63, 3.8) is 0 Å². The maximum atomic E-state index is 10.2. The van der Waals surface area contributed by atoms with Gasteiger partial charge in [0.25, 0.3) is 0 Å². The minimum atomic E-state index is -3.25. The number of carboxylic acid groups (broad SMARTS) is 1. The summed E-state index contributed by atoms with van der Waals surface area (Å²) in [5, 5.41) is 9.83. The Morgan fingerprint density at radius 1 is 1.60 bits per heavy atom. The van der Waals surface area contributed by atoms with Gasteiger partial charge in [0.1, 0.15) is 0 Å². The van der Waals surface area contributed by atoms with Gasteiger partial charge in [-0.3, -0.25) is 0 Å². The van der Waals surface area contributed by atoms with Crippen LogP contribution in [0.3, 0.4) is 0 Å². The van der Waals surface area contributed by atoms with Crippen molar-refractivity contribution in [2.75, 3.05) is 5.75 Å². The average molecular weight is 157 g/mol. The van der Waals surface area contributed by atoms with E-state index in [4.69, 9.17) is 0 Å². The molecule has 0 aliphatic carbocycles. The molecule has 5 nitrogen and oxygen atoms in total. The standard InChI is InChI=1S/C3H5NO4S.Li/c5-3(6)2-1-9(7,8)4-2;/h2,4H,1H2,(H,5,6);/q;+1/p-1/t2-;/m1./s1. The monoisotopic (exact) mass is 157 g/mol. The number of nitrogens with one attached hydrogen (secondary N) is 1. The molecule has 0 amide bonds. The maximum absolute atomic E-state index is 10.2. The average Bonchev–Trinajstić information content (AvgIpc) is 1.59. The number of carbonyl (C=O) groups is 1. The Hall–Kier alpha value is -0.0226. The number of sulfonamides is 1. The van der Waals surface area contributed by atoms with E-state index in [1.165, 1.54) is 0 Å². The smallest absolute Gasteiger partial charge is 0.548 e. The van der Waals surface area contributed by atoms with Crippen LogP contribution in [0.4, 0.5) is 0 Å². The zero-order valence-corrected chi connectivity index (χ0v) is 6.14. The first-order chi connectivity index (χ1) is 4.01. The molecule has 52 valence electrons. The fourth-order valence-corrected chi connectivity index (χ4v) is 1.61. The molecule has 0 radical (unpaired) electrons. The predicted octanol–water partition coefficient (Wildman–Crippen LogP) is -5.96. The van der Waals surface area contributed by atoms with Crippen molar-refractivity contribution >= 4 is 16.0 Å². The van der Waals surface area contributed by atoms with Crippen LogP contribution in [0.15, 0.2) is 0 Å². The molecule has 1 rings (SSSR count). The van der Waals surface area contributed by atoms with Gasteiger partial charge in [-0.1, -0.05) is 0 Å². The zero-order chi connectivity index (χ0) is 7.07. The Morgan fingerprint density at radius 2 is 2.00 bits per heavy atom. The molecule has 1 atom stereocenters. The van der Waals surface area contributed by atoms with E-state index in [2.05, 4.69) is 0 Å². The van der Waals surface area contributed by atoms with E-state index in [0.29, 0.717) is 0 Å². The van der Waals surface area contributed by atoms with Gasteiger partial charge in [0, 0.05) is 0 Å². The van der Waals surface area contributed by atoms with Crippen LogP contribution in [0.5, 0.6) is 0 Å². The van der Waals surface area contributed by atoms with E-state index in [0.717, 1.165) is 0 Å². The summed E-state index contributed by atoms with van der Waals surface area (Å²) in [6.07, 6.45) is 0. The first-order valence-electron chi connectivity index (χ1n) is 2.22. The SMILES string of the molecule is O=C([O-])[C@H]1CS(=O)(=O)N1.[Li+]. The van der Waals surface area contributed by atoms with Gasteiger partial charge in [0.05, 0.1) is 17.8 Å². The molecule has 1 fully saturated rings. The Labute approximate surface area is 70.0 Å². The zero-order valence-electron chi connectivity index (χ0n) is 5.33. The van der Waals surface area contributed by atoms with Gasteiger partial charge in [-0.05, 0) is 0 Å². The molecule has 0 aromatic carbocycles. The molecule has 1 N–H and O–H groups in total. The third-order valence-corrected chi connectivity index (χ3v) is 2.41. The number of carboxylic acids is 1. The van der Waals surface area contributed by atoms with Crippen molar-refractivity contribution in [3.8, 4) is 0 Å². The van der Waals surface area contributed by atoms with E-state index < -0.39 is 22.0 Å². The van der Waals surface area contributed by atoms with Gasteiger partial charge in [-0.2, -0.15) is 0 Å². The van der Waals surface area contributed by atoms with Crippen LogP contribution < -0.4 is 28.7 Å². The summed E-state index contributed by atoms with van der Waals surface area (Å²) in [4.78, 5) is 9.83. The van der Waals surface area contributed by atoms with E-state index in [-0.39, 0.29) is 24.6 Å². The van der Waals surface area contributed by atoms with Crippen molar-refractivity contribution in [1.82, 2.24) is 4.72 Å². The van der Waals surface area contributed by atoms with Crippen LogP contribution in [0.25, 0.3) is 0 Å². The third kappa shape index (κ3) is 1.99. The molecule has 0 spiro atoms. The van der Waals surface area contributed by atoms with Crippen LogP contribution in [0, 0.1) is 0 Å².